The number of aromatic hydroxyl groups is 1. The zero-order chi connectivity index (χ0) is 42.5. The SMILES string of the molecule is CC(C)(C)c1cc(-c2cccc(-c3cc4c(cc3O)C3c5ccccc5C4c4ccccc43)n2)[c-]c(-c2nc3ccccc3n2-c2ccc(C(C)(C)C)cc2-c2ccccc2)c1.[Pt]. The molecule has 0 amide bonds. The second kappa shape index (κ2) is 15.2. The predicted octanol–water partition coefficient (Wildman–Crippen LogP) is 14.2. The number of nitrogens with zero attached hydrogens (tertiary/aromatic N) is 3. The van der Waals surface area contributed by atoms with Gasteiger partial charge in [-0.15, -0.1) is 23.8 Å². The van der Waals surface area contributed by atoms with Crippen LogP contribution in [0.5, 0.6) is 5.75 Å². The average molecular weight is 998 g/mol. The first-order valence-electron chi connectivity index (χ1n) is 21.7. The van der Waals surface area contributed by atoms with Gasteiger partial charge >= 0.3 is 0 Å². The topological polar surface area (TPSA) is 50.9 Å². The fourth-order valence-electron chi connectivity index (χ4n) is 9.90. The number of fused-ring (bicyclic) bond motifs is 1. The molecule has 9 aromatic rings. The molecule has 0 saturated heterocycles. The summed E-state index contributed by atoms with van der Waals surface area (Å²) in [6.07, 6.45) is 0. The molecule has 0 radical (unpaired) electrons. The third kappa shape index (κ3) is 6.78. The van der Waals surface area contributed by atoms with Gasteiger partial charge in [-0.05, 0) is 97.8 Å². The number of imidazole rings is 1. The molecule has 63 heavy (non-hydrogen) atoms. The predicted molar refractivity (Wildman–Crippen MR) is 253 cm³/mol. The Balaban J connectivity index is 0.00000471. The van der Waals surface area contributed by atoms with Gasteiger partial charge in [-0.1, -0.05) is 162 Å². The summed E-state index contributed by atoms with van der Waals surface area (Å²) in [5.41, 5.74) is 19.3. The maximum absolute atomic E-state index is 11.9. The van der Waals surface area contributed by atoms with Crippen LogP contribution in [0.15, 0.2) is 164 Å². The molecule has 0 spiro atoms. The minimum atomic E-state index is -0.181. The van der Waals surface area contributed by atoms with Crippen LogP contribution < -0.4 is 0 Å². The maximum Gasteiger partial charge on any atom is 0.125 e. The first kappa shape index (κ1) is 40.7. The average Bonchev–Trinajstić information content (AvgIpc) is 3.67. The zero-order valence-corrected chi connectivity index (χ0v) is 38.6. The molecule has 0 aliphatic heterocycles. The molecule has 5 heteroatoms. The molecule has 0 saturated carbocycles. The minimum Gasteiger partial charge on any atom is -0.507 e. The van der Waals surface area contributed by atoms with Gasteiger partial charge in [-0.3, -0.25) is 9.97 Å². The second-order valence-corrected chi connectivity index (χ2v) is 19.1. The van der Waals surface area contributed by atoms with E-state index in [1.54, 1.807) is 0 Å². The number of phenolic OH excluding ortho intramolecular Hbond substituents is 1. The van der Waals surface area contributed by atoms with Gasteiger partial charge in [0.25, 0.3) is 0 Å². The number of hydrogen-bond donors (Lipinski definition) is 1. The quantitative estimate of drug-likeness (QED) is 0.175. The van der Waals surface area contributed by atoms with Gasteiger partial charge in [-0.2, -0.15) is 0 Å². The largest absolute Gasteiger partial charge is 0.507 e. The second-order valence-electron chi connectivity index (χ2n) is 19.1. The standard InChI is InChI=1S/C58H48N3O.Pt/c1-57(2,3)38-27-28-51(44(32-38)35-17-8-7-9-18-35)61-52-26-15-14-23-50(52)60-56(61)37-29-36(30-39(31-37)58(4,5)6)48-24-16-25-49(59-48)47-33-45-46(34-53(47)62)55-42-21-12-10-19-40(42)54(45)41-20-11-13-22-43(41)55;/h7-28,30-34,54-55,62H,1-6H3;/q-1;. The Morgan fingerprint density at radius 1 is 0.492 bits per heavy atom. The number of aromatic nitrogens is 3. The molecule has 4 nitrogen and oxygen atoms in total. The molecule has 2 bridgehead atoms. The van der Waals surface area contributed by atoms with Crippen LogP contribution in [0.1, 0.15) is 97.9 Å². The van der Waals surface area contributed by atoms with Crippen LogP contribution in [-0.4, -0.2) is 19.6 Å². The van der Waals surface area contributed by atoms with E-state index in [9.17, 15) is 5.11 Å². The van der Waals surface area contributed by atoms with Gasteiger partial charge in [-0.25, -0.2) is 0 Å². The Kier molecular flexibility index (Phi) is 9.80. The van der Waals surface area contributed by atoms with Crippen molar-refractivity contribution in [2.45, 2.75) is 64.2 Å². The summed E-state index contributed by atoms with van der Waals surface area (Å²) in [5, 5.41) is 11.9. The first-order valence-corrected chi connectivity index (χ1v) is 21.7. The number of pyridine rings is 1. The minimum absolute atomic E-state index is 0. The van der Waals surface area contributed by atoms with E-state index in [1.165, 1.54) is 38.9 Å². The molecule has 312 valence electrons. The van der Waals surface area contributed by atoms with E-state index in [2.05, 4.69) is 198 Å². The van der Waals surface area contributed by atoms with Crippen LogP contribution in [0.2, 0.25) is 0 Å². The van der Waals surface area contributed by atoms with Crippen molar-refractivity contribution >= 4 is 11.0 Å². The molecular weight excluding hydrogens is 950 g/mol. The third-order valence-corrected chi connectivity index (χ3v) is 13.1. The molecule has 2 heterocycles. The van der Waals surface area contributed by atoms with E-state index < -0.39 is 0 Å². The van der Waals surface area contributed by atoms with Crippen LogP contribution in [0.25, 0.3) is 61.8 Å². The third-order valence-electron chi connectivity index (χ3n) is 13.1. The molecular formula is C58H48N3OPt-. The molecule has 0 unspecified atom stereocenters. The van der Waals surface area contributed by atoms with E-state index in [1.807, 2.05) is 18.2 Å². The monoisotopic (exact) mass is 997 g/mol. The van der Waals surface area contributed by atoms with Crippen LogP contribution in [0.3, 0.4) is 0 Å². The molecule has 0 atom stereocenters. The summed E-state index contributed by atoms with van der Waals surface area (Å²) in [4.78, 5) is 10.7. The van der Waals surface area contributed by atoms with E-state index in [0.29, 0.717) is 0 Å². The van der Waals surface area contributed by atoms with Gasteiger partial charge in [0.15, 0.2) is 0 Å². The fraction of sp³-hybridized carbons (Fsp3) is 0.172. The Hall–Kier alpha value is -6.35. The summed E-state index contributed by atoms with van der Waals surface area (Å²) < 4.78 is 2.31. The summed E-state index contributed by atoms with van der Waals surface area (Å²) in [6, 6.07) is 62.1. The van der Waals surface area contributed by atoms with Crippen molar-refractivity contribution in [3.63, 3.8) is 0 Å². The Bertz CT molecular complexity index is 3190. The van der Waals surface area contributed by atoms with Gasteiger partial charge in [0.1, 0.15) is 5.75 Å². The number of hydrogen-bond acceptors (Lipinski definition) is 3. The summed E-state index contributed by atoms with van der Waals surface area (Å²) >= 11 is 0. The van der Waals surface area contributed by atoms with Gasteiger partial charge in [0.2, 0.25) is 0 Å². The molecule has 1 N–H and O–H groups in total. The molecule has 2 aromatic heterocycles. The smallest absolute Gasteiger partial charge is 0.125 e. The van der Waals surface area contributed by atoms with Crippen molar-refractivity contribution in [3.05, 3.63) is 214 Å². The fourth-order valence-corrected chi connectivity index (χ4v) is 9.90. The Labute approximate surface area is 384 Å². The van der Waals surface area contributed by atoms with Crippen LogP contribution in [0.4, 0.5) is 0 Å². The number of benzene rings is 7. The summed E-state index contributed by atoms with van der Waals surface area (Å²) in [5.74, 6) is 1.23. The number of para-hydroxylation sites is 2. The van der Waals surface area contributed by atoms with E-state index in [-0.39, 0.29) is 49.5 Å². The zero-order valence-electron chi connectivity index (χ0n) is 36.3. The van der Waals surface area contributed by atoms with Crippen molar-refractivity contribution in [1.82, 2.24) is 14.5 Å². The summed E-state index contributed by atoms with van der Waals surface area (Å²) in [7, 11) is 0. The summed E-state index contributed by atoms with van der Waals surface area (Å²) in [6.45, 7) is 13.5. The normalized spacial score (nSPS) is 15.1. The molecule has 0 fully saturated rings. The Morgan fingerprint density at radius 2 is 1.06 bits per heavy atom. The number of phenols is 1. The van der Waals surface area contributed by atoms with Gasteiger partial charge in [0.05, 0.1) is 22.6 Å². The maximum atomic E-state index is 11.9. The van der Waals surface area contributed by atoms with Crippen molar-refractivity contribution in [2.24, 2.45) is 0 Å². The van der Waals surface area contributed by atoms with Crippen LogP contribution in [-0.2, 0) is 31.9 Å². The molecule has 3 aliphatic rings. The van der Waals surface area contributed by atoms with Crippen molar-refractivity contribution in [3.8, 4) is 56.5 Å². The van der Waals surface area contributed by atoms with Gasteiger partial charge in [0, 0.05) is 55.4 Å². The van der Waals surface area contributed by atoms with Crippen molar-refractivity contribution < 1.29 is 26.2 Å². The van der Waals surface area contributed by atoms with E-state index >= 15 is 0 Å². The Morgan fingerprint density at radius 3 is 1.71 bits per heavy atom. The van der Waals surface area contributed by atoms with Crippen molar-refractivity contribution in [1.29, 1.82) is 0 Å². The van der Waals surface area contributed by atoms with Crippen LogP contribution in [0, 0.1) is 6.07 Å². The van der Waals surface area contributed by atoms with Gasteiger partial charge < -0.3 is 9.67 Å². The van der Waals surface area contributed by atoms with E-state index in [0.717, 1.165) is 67.3 Å². The molecule has 12 rings (SSSR count). The number of rotatable bonds is 5. The molecule has 3 aliphatic carbocycles. The van der Waals surface area contributed by atoms with Crippen molar-refractivity contribution in [2.75, 3.05) is 0 Å². The first-order chi connectivity index (χ1) is 29.9. The van der Waals surface area contributed by atoms with E-state index in [4.69, 9.17) is 9.97 Å². The molecule has 7 aromatic carbocycles. The van der Waals surface area contributed by atoms with Crippen LogP contribution >= 0.6 is 0 Å².